The molecule has 1 aromatic rings. The van der Waals surface area contributed by atoms with E-state index in [1.54, 1.807) is 0 Å². The van der Waals surface area contributed by atoms with Gasteiger partial charge in [-0.2, -0.15) is 0 Å². The van der Waals surface area contributed by atoms with Crippen LogP contribution in [0.15, 0.2) is 18.2 Å². The lowest BCUT2D eigenvalue weighted by Gasteiger charge is -2.20. The molecule has 0 amide bonds. The summed E-state index contributed by atoms with van der Waals surface area (Å²) in [6, 6.07) is 5.76. The van der Waals surface area contributed by atoms with Gasteiger partial charge in [-0.15, -0.1) is 0 Å². The van der Waals surface area contributed by atoms with Gasteiger partial charge >= 0.3 is 0 Å². The first kappa shape index (κ1) is 14.9. The molecule has 0 heterocycles. The molecule has 0 aliphatic rings. The van der Waals surface area contributed by atoms with Crippen LogP contribution in [0.25, 0.3) is 0 Å². The fraction of sp³-hybridized carbons (Fsp3) is 0.500. The summed E-state index contributed by atoms with van der Waals surface area (Å²) in [6.07, 6.45) is 0. The number of thiocarbonyl (C=S) groups is 1. The fourth-order valence-electron chi connectivity index (χ4n) is 1.53. The molecule has 3 nitrogen and oxygen atoms in total. The van der Waals surface area contributed by atoms with Gasteiger partial charge in [0.15, 0.2) is 0 Å². The summed E-state index contributed by atoms with van der Waals surface area (Å²) in [7, 11) is 0. The van der Waals surface area contributed by atoms with Crippen molar-refractivity contribution < 1.29 is 9.47 Å². The van der Waals surface area contributed by atoms with Crippen molar-refractivity contribution in [3.8, 4) is 5.75 Å². The zero-order valence-electron chi connectivity index (χ0n) is 11.4. The molecule has 1 aromatic carbocycles. The normalized spacial score (nSPS) is 11.3. The SMILES string of the molecule is Cc1cccc(C(N)=S)c1OCCOC(C)(C)C. The van der Waals surface area contributed by atoms with Gasteiger partial charge in [-0.05, 0) is 39.3 Å². The first-order valence-electron chi connectivity index (χ1n) is 5.97. The van der Waals surface area contributed by atoms with Gasteiger partial charge in [-0.1, -0.05) is 24.4 Å². The highest BCUT2D eigenvalue weighted by molar-refractivity contribution is 7.80. The molecule has 0 atom stereocenters. The second kappa shape index (κ2) is 6.16. The number of aryl methyl sites for hydroxylation is 1. The zero-order chi connectivity index (χ0) is 13.8. The first-order chi connectivity index (χ1) is 8.31. The van der Waals surface area contributed by atoms with Crippen molar-refractivity contribution in [1.29, 1.82) is 0 Å². The minimum absolute atomic E-state index is 0.152. The second-order valence-corrected chi connectivity index (χ2v) is 5.56. The van der Waals surface area contributed by atoms with Gasteiger partial charge in [0.05, 0.1) is 17.8 Å². The quantitative estimate of drug-likeness (QED) is 0.658. The maximum atomic E-state index is 5.73. The van der Waals surface area contributed by atoms with E-state index in [2.05, 4.69) is 0 Å². The van der Waals surface area contributed by atoms with Crippen LogP contribution in [-0.4, -0.2) is 23.8 Å². The van der Waals surface area contributed by atoms with Crippen molar-refractivity contribution in [3.63, 3.8) is 0 Å². The highest BCUT2D eigenvalue weighted by Gasteiger charge is 2.11. The van der Waals surface area contributed by atoms with E-state index < -0.39 is 0 Å². The smallest absolute Gasteiger partial charge is 0.132 e. The van der Waals surface area contributed by atoms with E-state index in [9.17, 15) is 0 Å². The van der Waals surface area contributed by atoms with E-state index >= 15 is 0 Å². The minimum Gasteiger partial charge on any atom is -0.490 e. The van der Waals surface area contributed by atoms with Crippen LogP contribution < -0.4 is 10.5 Å². The van der Waals surface area contributed by atoms with Crippen LogP contribution in [0.2, 0.25) is 0 Å². The predicted molar refractivity (Wildman–Crippen MR) is 78.3 cm³/mol. The Morgan fingerprint density at radius 2 is 1.94 bits per heavy atom. The zero-order valence-corrected chi connectivity index (χ0v) is 12.3. The van der Waals surface area contributed by atoms with Crippen LogP contribution in [0.4, 0.5) is 0 Å². The number of hydrogen-bond donors (Lipinski definition) is 1. The number of ether oxygens (including phenoxy) is 2. The summed E-state index contributed by atoms with van der Waals surface area (Å²) in [4.78, 5) is 0.352. The molecule has 1 rings (SSSR count). The first-order valence-corrected chi connectivity index (χ1v) is 6.38. The molecule has 18 heavy (non-hydrogen) atoms. The summed E-state index contributed by atoms with van der Waals surface area (Å²) in [5.41, 5.74) is 7.33. The largest absolute Gasteiger partial charge is 0.490 e. The maximum Gasteiger partial charge on any atom is 0.132 e. The Balaban J connectivity index is 2.64. The molecule has 0 unspecified atom stereocenters. The van der Waals surface area contributed by atoms with Crippen LogP contribution in [-0.2, 0) is 4.74 Å². The van der Waals surface area contributed by atoms with E-state index in [1.807, 2.05) is 45.9 Å². The van der Waals surface area contributed by atoms with Crippen molar-refractivity contribution in [1.82, 2.24) is 0 Å². The third-order valence-corrected chi connectivity index (χ3v) is 2.56. The molecule has 0 aliphatic heterocycles. The predicted octanol–water partition coefficient (Wildman–Crippen LogP) is 2.82. The molecule has 0 aliphatic carbocycles. The summed E-state index contributed by atoms with van der Waals surface area (Å²) >= 11 is 5.01. The van der Waals surface area contributed by atoms with Crippen LogP contribution >= 0.6 is 12.2 Å². The van der Waals surface area contributed by atoms with E-state index in [0.29, 0.717) is 18.2 Å². The number of benzene rings is 1. The second-order valence-electron chi connectivity index (χ2n) is 5.13. The van der Waals surface area contributed by atoms with Gasteiger partial charge in [0.25, 0.3) is 0 Å². The monoisotopic (exact) mass is 267 g/mol. The Hall–Kier alpha value is -1.13. The minimum atomic E-state index is -0.152. The molecule has 0 bridgehead atoms. The topological polar surface area (TPSA) is 44.5 Å². The van der Waals surface area contributed by atoms with Gasteiger partial charge < -0.3 is 15.2 Å². The van der Waals surface area contributed by atoms with E-state index in [0.717, 1.165) is 16.9 Å². The summed E-state index contributed by atoms with van der Waals surface area (Å²) in [5.74, 6) is 0.752. The van der Waals surface area contributed by atoms with Crippen molar-refractivity contribution in [2.75, 3.05) is 13.2 Å². The summed E-state index contributed by atoms with van der Waals surface area (Å²) in [5, 5.41) is 0. The number of rotatable bonds is 5. The molecular formula is C14H21NO2S. The van der Waals surface area contributed by atoms with Crippen LogP contribution in [0.3, 0.4) is 0 Å². The van der Waals surface area contributed by atoms with Gasteiger partial charge in [-0.25, -0.2) is 0 Å². The van der Waals surface area contributed by atoms with Crippen LogP contribution in [0.5, 0.6) is 5.75 Å². The molecule has 0 fully saturated rings. The average molecular weight is 267 g/mol. The summed E-state index contributed by atoms with van der Waals surface area (Å²) in [6.45, 7) is 9.04. The van der Waals surface area contributed by atoms with Crippen LogP contribution in [0, 0.1) is 6.92 Å². The molecule has 0 saturated carbocycles. The molecule has 4 heteroatoms. The van der Waals surface area contributed by atoms with Gasteiger partial charge in [0, 0.05) is 0 Å². The molecule has 0 saturated heterocycles. The molecule has 0 radical (unpaired) electrons. The Kier molecular flexibility index (Phi) is 5.11. The van der Waals surface area contributed by atoms with Crippen molar-refractivity contribution >= 4 is 17.2 Å². The Labute approximate surface area is 114 Å². The lowest BCUT2D eigenvalue weighted by Crippen LogP contribution is -2.23. The highest BCUT2D eigenvalue weighted by Crippen LogP contribution is 2.23. The van der Waals surface area contributed by atoms with Crippen LogP contribution in [0.1, 0.15) is 31.9 Å². The third kappa shape index (κ3) is 4.63. The number of para-hydroxylation sites is 1. The standard InChI is InChI=1S/C14H21NO2S/c1-10-6-5-7-11(13(15)18)12(10)16-8-9-17-14(2,3)4/h5-7H,8-9H2,1-4H3,(H2,15,18). The molecule has 2 N–H and O–H groups in total. The molecule has 0 aromatic heterocycles. The van der Waals surface area contributed by atoms with Gasteiger partial charge in [0.1, 0.15) is 17.3 Å². The lowest BCUT2D eigenvalue weighted by molar-refractivity contribution is -0.0163. The average Bonchev–Trinajstić information content (AvgIpc) is 2.24. The van der Waals surface area contributed by atoms with E-state index in [-0.39, 0.29) is 5.60 Å². The molecule has 0 spiro atoms. The molecular weight excluding hydrogens is 246 g/mol. The Bertz CT molecular complexity index is 424. The van der Waals surface area contributed by atoms with Crippen molar-refractivity contribution in [2.24, 2.45) is 5.73 Å². The van der Waals surface area contributed by atoms with Crippen molar-refractivity contribution in [3.05, 3.63) is 29.3 Å². The Morgan fingerprint density at radius 3 is 2.50 bits per heavy atom. The Morgan fingerprint density at radius 1 is 1.28 bits per heavy atom. The molecule has 100 valence electrons. The van der Waals surface area contributed by atoms with Gasteiger partial charge in [-0.3, -0.25) is 0 Å². The van der Waals surface area contributed by atoms with Crippen molar-refractivity contribution in [2.45, 2.75) is 33.3 Å². The fourth-order valence-corrected chi connectivity index (χ4v) is 1.69. The van der Waals surface area contributed by atoms with E-state index in [4.69, 9.17) is 27.4 Å². The highest BCUT2D eigenvalue weighted by atomic mass is 32.1. The maximum absolute atomic E-state index is 5.73. The number of hydrogen-bond acceptors (Lipinski definition) is 3. The van der Waals surface area contributed by atoms with E-state index in [1.165, 1.54) is 0 Å². The lowest BCUT2D eigenvalue weighted by atomic mass is 10.1. The summed E-state index contributed by atoms with van der Waals surface area (Å²) < 4.78 is 11.3. The number of nitrogens with two attached hydrogens (primary N) is 1. The van der Waals surface area contributed by atoms with Gasteiger partial charge in [0.2, 0.25) is 0 Å². The third-order valence-electron chi connectivity index (χ3n) is 2.34.